The lowest BCUT2D eigenvalue weighted by Gasteiger charge is -2.33. The summed E-state index contributed by atoms with van der Waals surface area (Å²) in [6.45, 7) is 6.69. The van der Waals surface area contributed by atoms with Gasteiger partial charge in [0.15, 0.2) is 5.76 Å². The van der Waals surface area contributed by atoms with Gasteiger partial charge in [0.1, 0.15) is 11.5 Å². The van der Waals surface area contributed by atoms with Crippen molar-refractivity contribution in [2.45, 2.75) is 45.6 Å². The molecule has 0 radical (unpaired) electrons. The standard InChI is InChI=1S/C20H26N2O4/c1-4-24-17-6-5-7-18(10-17)25-12-15-8-16(9-15)19-11-20(26-22-19)13(2)21-14(3)23/h5-7,10-11,13,15-16H,4,8-9,12H2,1-3H3,(H,21,23)/t13-,15?,16?/m0/s1. The van der Waals surface area contributed by atoms with E-state index in [1.807, 2.05) is 44.2 Å². The SMILES string of the molecule is CCOc1cccc(OCC2CC(c3cc([C@H](C)NC(C)=O)on3)C2)c1. The molecular weight excluding hydrogens is 332 g/mol. The average Bonchev–Trinajstić information content (AvgIpc) is 3.03. The summed E-state index contributed by atoms with van der Waals surface area (Å²) in [5, 5.41) is 6.97. The molecule has 1 fully saturated rings. The van der Waals surface area contributed by atoms with E-state index < -0.39 is 0 Å². The van der Waals surface area contributed by atoms with Crippen LogP contribution in [0.1, 0.15) is 57.0 Å². The molecule has 0 bridgehead atoms. The van der Waals surface area contributed by atoms with Gasteiger partial charge in [-0.1, -0.05) is 11.2 Å². The summed E-state index contributed by atoms with van der Waals surface area (Å²) >= 11 is 0. The molecule has 1 aliphatic carbocycles. The maximum Gasteiger partial charge on any atom is 0.217 e. The third-order valence-electron chi connectivity index (χ3n) is 4.65. The third-order valence-corrected chi connectivity index (χ3v) is 4.65. The van der Waals surface area contributed by atoms with Crippen molar-refractivity contribution in [2.75, 3.05) is 13.2 Å². The highest BCUT2D eigenvalue weighted by molar-refractivity contribution is 5.73. The number of nitrogens with one attached hydrogen (secondary N) is 1. The molecule has 0 aliphatic heterocycles. The van der Waals surface area contributed by atoms with E-state index in [1.54, 1.807) is 0 Å². The fourth-order valence-corrected chi connectivity index (χ4v) is 3.22. The van der Waals surface area contributed by atoms with Gasteiger partial charge in [-0.25, -0.2) is 0 Å². The normalized spacial score (nSPS) is 20.1. The van der Waals surface area contributed by atoms with Gasteiger partial charge in [0, 0.05) is 25.0 Å². The smallest absolute Gasteiger partial charge is 0.217 e. The minimum atomic E-state index is -0.162. The average molecular weight is 358 g/mol. The van der Waals surface area contributed by atoms with Crippen LogP contribution in [0.4, 0.5) is 0 Å². The van der Waals surface area contributed by atoms with Crippen LogP contribution >= 0.6 is 0 Å². The van der Waals surface area contributed by atoms with E-state index in [0.29, 0.717) is 30.8 Å². The molecule has 3 rings (SSSR count). The van der Waals surface area contributed by atoms with E-state index in [9.17, 15) is 4.79 Å². The van der Waals surface area contributed by atoms with Gasteiger partial charge < -0.3 is 19.3 Å². The van der Waals surface area contributed by atoms with Crippen molar-refractivity contribution in [2.24, 2.45) is 5.92 Å². The molecule has 1 aromatic carbocycles. The minimum Gasteiger partial charge on any atom is -0.494 e. The summed E-state index contributed by atoms with van der Waals surface area (Å²) in [4.78, 5) is 11.1. The molecule has 2 aromatic rings. The molecule has 1 amide bonds. The Labute approximate surface area is 153 Å². The summed E-state index contributed by atoms with van der Waals surface area (Å²) in [5.74, 6) is 3.21. The molecule has 0 spiro atoms. The van der Waals surface area contributed by atoms with Crippen molar-refractivity contribution in [1.29, 1.82) is 0 Å². The summed E-state index contributed by atoms with van der Waals surface area (Å²) in [6, 6.07) is 9.54. The topological polar surface area (TPSA) is 73.6 Å². The number of hydrogen-bond donors (Lipinski definition) is 1. The van der Waals surface area contributed by atoms with Gasteiger partial charge in [-0.3, -0.25) is 4.79 Å². The van der Waals surface area contributed by atoms with Crippen LogP contribution < -0.4 is 14.8 Å². The van der Waals surface area contributed by atoms with Gasteiger partial charge in [0.05, 0.1) is 24.9 Å². The van der Waals surface area contributed by atoms with Crippen LogP contribution in [0.5, 0.6) is 11.5 Å². The molecule has 0 saturated heterocycles. The van der Waals surface area contributed by atoms with Crippen molar-refractivity contribution in [1.82, 2.24) is 10.5 Å². The van der Waals surface area contributed by atoms with Crippen molar-refractivity contribution < 1.29 is 18.8 Å². The van der Waals surface area contributed by atoms with Crippen LogP contribution in [-0.2, 0) is 4.79 Å². The van der Waals surface area contributed by atoms with Gasteiger partial charge >= 0.3 is 0 Å². The van der Waals surface area contributed by atoms with E-state index in [4.69, 9.17) is 14.0 Å². The highest BCUT2D eigenvalue weighted by Gasteiger charge is 2.33. The van der Waals surface area contributed by atoms with Crippen molar-refractivity contribution in [3.8, 4) is 11.5 Å². The number of rotatable bonds is 8. The monoisotopic (exact) mass is 358 g/mol. The maximum absolute atomic E-state index is 11.1. The largest absolute Gasteiger partial charge is 0.494 e. The molecule has 1 aromatic heterocycles. The molecule has 1 heterocycles. The van der Waals surface area contributed by atoms with Crippen LogP contribution in [0.2, 0.25) is 0 Å². The lowest BCUT2D eigenvalue weighted by Crippen LogP contribution is -2.27. The predicted octanol–water partition coefficient (Wildman–Crippen LogP) is 3.84. The molecule has 26 heavy (non-hydrogen) atoms. The second-order valence-electron chi connectivity index (χ2n) is 6.83. The summed E-state index contributed by atoms with van der Waals surface area (Å²) in [6.07, 6.45) is 2.07. The fraction of sp³-hybridized carbons (Fsp3) is 0.500. The van der Waals surface area contributed by atoms with E-state index >= 15 is 0 Å². The van der Waals surface area contributed by atoms with Gasteiger partial charge in [-0.05, 0) is 44.7 Å². The Bertz CT molecular complexity index is 737. The Hall–Kier alpha value is -2.50. The Balaban J connectivity index is 1.45. The zero-order valence-corrected chi connectivity index (χ0v) is 15.5. The molecule has 6 nitrogen and oxygen atoms in total. The summed E-state index contributed by atoms with van der Waals surface area (Å²) < 4.78 is 16.8. The molecule has 1 N–H and O–H groups in total. The molecule has 0 unspecified atom stereocenters. The van der Waals surface area contributed by atoms with Crippen LogP contribution in [0, 0.1) is 5.92 Å². The predicted molar refractivity (Wildman–Crippen MR) is 97.3 cm³/mol. The Kier molecular flexibility index (Phi) is 5.81. The van der Waals surface area contributed by atoms with Crippen LogP contribution in [-0.4, -0.2) is 24.3 Å². The van der Waals surface area contributed by atoms with Gasteiger partial charge in [0.2, 0.25) is 5.91 Å². The van der Waals surface area contributed by atoms with E-state index in [1.165, 1.54) is 6.92 Å². The second-order valence-corrected chi connectivity index (χ2v) is 6.83. The highest BCUT2D eigenvalue weighted by atomic mass is 16.5. The van der Waals surface area contributed by atoms with Crippen molar-refractivity contribution in [3.05, 3.63) is 41.8 Å². The number of carbonyl (C=O) groups is 1. The number of hydrogen-bond acceptors (Lipinski definition) is 5. The maximum atomic E-state index is 11.1. The highest BCUT2D eigenvalue weighted by Crippen LogP contribution is 2.41. The van der Waals surface area contributed by atoms with Gasteiger partial charge in [0.25, 0.3) is 0 Å². The van der Waals surface area contributed by atoms with Crippen molar-refractivity contribution >= 4 is 5.91 Å². The molecular formula is C20H26N2O4. The Morgan fingerprint density at radius 3 is 2.73 bits per heavy atom. The lowest BCUT2D eigenvalue weighted by atomic mass is 9.73. The number of amides is 1. The molecule has 1 atom stereocenters. The first-order chi connectivity index (χ1) is 12.5. The van der Waals surface area contributed by atoms with Gasteiger partial charge in [-0.15, -0.1) is 0 Å². The molecule has 1 saturated carbocycles. The van der Waals surface area contributed by atoms with Crippen LogP contribution in [0.25, 0.3) is 0 Å². The van der Waals surface area contributed by atoms with E-state index in [-0.39, 0.29) is 11.9 Å². The molecule has 6 heteroatoms. The number of ether oxygens (including phenoxy) is 2. The van der Waals surface area contributed by atoms with Gasteiger partial charge in [-0.2, -0.15) is 0 Å². The first-order valence-corrected chi connectivity index (χ1v) is 9.14. The quantitative estimate of drug-likeness (QED) is 0.776. The Morgan fingerprint density at radius 2 is 2.04 bits per heavy atom. The minimum absolute atomic E-state index is 0.0790. The zero-order chi connectivity index (χ0) is 18.5. The Morgan fingerprint density at radius 1 is 1.31 bits per heavy atom. The third kappa shape index (κ3) is 4.56. The zero-order valence-electron chi connectivity index (χ0n) is 15.5. The van der Waals surface area contributed by atoms with E-state index in [2.05, 4.69) is 10.5 Å². The van der Waals surface area contributed by atoms with Crippen molar-refractivity contribution in [3.63, 3.8) is 0 Å². The molecule has 1 aliphatic rings. The summed E-state index contributed by atoms with van der Waals surface area (Å²) in [7, 11) is 0. The summed E-state index contributed by atoms with van der Waals surface area (Å²) in [5.41, 5.74) is 0.965. The second kappa shape index (κ2) is 8.25. The number of nitrogens with zero attached hydrogens (tertiary/aromatic N) is 1. The molecule has 140 valence electrons. The number of carbonyl (C=O) groups excluding carboxylic acids is 1. The fourth-order valence-electron chi connectivity index (χ4n) is 3.22. The van der Waals surface area contributed by atoms with Crippen LogP contribution in [0.3, 0.4) is 0 Å². The lowest BCUT2D eigenvalue weighted by molar-refractivity contribution is -0.119. The first-order valence-electron chi connectivity index (χ1n) is 9.14. The van der Waals surface area contributed by atoms with E-state index in [0.717, 1.165) is 30.0 Å². The number of aromatic nitrogens is 1. The number of benzene rings is 1. The first kappa shape index (κ1) is 18.3. The van der Waals surface area contributed by atoms with Crippen LogP contribution in [0.15, 0.2) is 34.9 Å².